The standard InChI is InChI=1S/C16H13F3N4O3S/c1-7-3-4-9(24)8(2)12(7)22-13(25)10-5-21-15(27-10)23-14-20-6-11(26-14)16(17,18)19/h3-6,24H,1-2H3,(H,22,25)(H,20,21,23). The number of halogens is 3. The van der Waals surface area contributed by atoms with Crippen LogP contribution < -0.4 is 10.6 Å². The molecule has 0 aliphatic heterocycles. The summed E-state index contributed by atoms with van der Waals surface area (Å²) >= 11 is 0.910. The lowest BCUT2D eigenvalue weighted by molar-refractivity contribution is -0.152. The van der Waals surface area contributed by atoms with Crippen molar-refractivity contribution in [3.8, 4) is 5.75 Å². The molecule has 0 fully saturated rings. The fourth-order valence-corrected chi connectivity index (χ4v) is 2.90. The van der Waals surface area contributed by atoms with Crippen LogP contribution in [-0.4, -0.2) is 21.0 Å². The van der Waals surface area contributed by atoms with Gasteiger partial charge < -0.3 is 14.8 Å². The van der Waals surface area contributed by atoms with Crippen molar-refractivity contribution in [2.24, 2.45) is 0 Å². The summed E-state index contributed by atoms with van der Waals surface area (Å²) in [5, 5.41) is 15.1. The van der Waals surface area contributed by atoms with Crippen molar-refractivity contribution in [1.82, 2.24) is 9.97 Å². The van der Waals surface area contributed by atoms with Crippen LogP contribution in [0.25, 0.3) is 0 Å². The predicted octanol–water partition coefficient (Wildman–Crippen LogP) is 4.47. The number of aromatic hydroxyl groups is 1. The number of nitrogens with zero attached hydrogens (tertiary/aromatic N) is 2. The van der Waals surface area contributed by atoms with Gasteiger partial charge in [0.05, 0.1) is 18.1 Å². The lowest BCUT2D eigenvalue weighted by Gasteiger charge is -2.11. The van der Waals surface area contributed by atoms with Crippen LogP contribution in [0.1, 0.15) is 26.6 Å². The second-order valence-electron chi connectivity index (χ2n) is 5.54. The Morgan fingerprint density at radius 2 is 1.96 bits per heavy atom. The third-order valence-corrected chi connectivity index (χ3v) is 4.52. The van der Waals surface area contributed by atoms with Crippen molar-refractivity contribution in [1.29, 1.82) is 0 Å². The Bertz CT molecular complexity index is 997. The molecule has 3 aromatic rings. The Balaban J connectivity index is 1.73. The number of aryl methyl sites for hydroxylation is 1. The molecule has 0 spiro atoms. The van der Waals surface area contributed by atoms with Crippen LogP contribution in [0.4, 0.5) is 30.0 Å². The molecule has 0 atom stereocenters. The fourth-order valence-electron chi connectivity index (χ4n) is 2.19. The maximum atomic E-state index is 12.5. The third kappa shape index (κ3) is 4.03. The van der Waals surface area contributed by atoms with E-state index in [9.17, 15) is 23.1 Å². The molecule has 2 aromatic heterocycles. The Morgan fingerprint density at radius 1 is 1.22 bits per heavy atom. The molecule has 2 heterocycles. The molecule has 0 saturated heterocycles. The molecule has 142 valence electrons. The molecule has 0 radical (unpaired) electrons. The Labute approximate surface area is 154 Å². The van der Waals surface area contributed by atoms with Crippen molar-refractivity contribution in [3.63, 3.8) is 0 Å². The Morgan fingerprint density at radius 3 is 2.63 bits per heavy atom. The summed E-state index contributed by atoms with van der Waals surface area (Å²) in [5.74, 6) is -1.66. The van der Waals surface area contributed by atoms with Crippen LogP contribution >= 0.6 is 11.3 Å². The van der Waals surface area contributed by atoms with E-state index in [0.717, 1.165) is 16.9 Å². The summed E-state index contributed by atoms with van der Waals surface area (Å²) in [7, 11) is 0. The smallest absolute Gasteiger partial charge is 0.451 e. The highest BCUT2D eigenvalue weighted by atomic mass is 32.1. The number of thiazole rings is 1. The number of hydrogen-bond acceptors (Lipinski definition) is 7. The topological polar surface area (TPSA) is 100 Å². The first kappa shape index (κ1) is 18.7. The first-order valence-corrected chi connectivity index (χ1v) is 8.33. The van der Waals surface area contributed by atoms with Crippen molar-refractivity contribution >= 4 is 34.1 Å². The van der Waals surface area contributed by atoms with E-state index in [1.807, 2.05) is 0 Å². The number of carbonyl (C=O) groups is 1. The molecule has 0 aliphatic carbocycles. The molecule has 0 aliphatic rings. The zero-order valence-corrected chi connectivity index (χ0v) is 14.8. The molecule has 11 heteroatoms. The first-order valence-electron chi connectivity index (χ1n) is 7.51. The molecule has 7 nitrogen and oxygen atoms in total. The second-order valence-corrected chi connectivity index (χ2v) is 6.57. The number of phenolic OH excluding ortho intramolecular Hbond substituents is 1. The third-order valence-electron chi connectivity index (χ3n) is 3.61. The normalized spacial score (nSPS) is 11.4. The number of benzene rings is 1. The number of alkyl halides is 3. The highest BCUT2D eigenvalue weighted by Gasteiger charge is 2.35. The number of oxazole rings is 1. The molecule has 1 aromatic carbocycles. The number of hydrogen-bond donors (Lipinski definition) is 3. The zero-order valence-electron chi connectivity index (χ0n) is 14.0. The number of rotatable bonds is 4. The van der Waals surface area contributed by atoms with E-state index < -0.39 is 17.8 Å². The maximum Gasteiger partial charge on any atom is 0.451 e. The monoisotopic (exact) mass is 398 g/mol. The van der Waals surface area contributed by atoms with E-state index in [4.69, 9.17) is 0 Å². The van der Waals surface area contributed by atoms with Crippen LogP contribution in [0.15, 0.2) is 28.9 Å². The van der Waals surface area contributed by atoms with Gasteiger partial charge in [0.15, 0.2) is 5.13 Å². The maximum absolute atomic E-state index is 12.5. The SMILES string of the molecule is Cc1ccc(O)c(C)c1NC(=O)c1cnc(Nc2ncc(C(F)(F)F)o2)s1. The van der Waals surface area contributed by atoms with Gasteiger partial charge in [-0.3, -0.25) is 10.1 Å². The van der Waals surface area contributed by atoms with Crippen molar-refractivity contribution in [3.05, 3.63) is 46.3 Å². The highest BCUT2D eigenvalue weighted by Crippen LogP contribution is 2.32. The van der Waals surface area contributed by atoms with Gasteiger partial charge in [0.1, 0.15) is 10.6 Å². The fraction of sp³-hybridized carbons (Fsp3) is 0.188. The van der Waals surface area contributed by atoms with Crippen molar-refractivity contribution in [2.75, 3.05) is 10.6 Å². The van der Waals surface area contributed by atoms with Crippen molar-refractivity contribution < 1.29 is 27.5 Å². The van der Waals surface area contributed by atoms with Crippen molar-refractivity contribution in [2.45, 2.75) is 20.0 Å². The minimum absolute atomic E-state index is 0.0481. The number of phenols is 1. The van der Waals surface area contributed by atoms with Gasteiger partial charge in [-0.25, -0.2) is 9.97 Å². The van der Waals surface area contributed by atoms with Crippen LogP contribution in [0.2, 0.25) is 0 Å². The van der Waals surface area contributed by atoms with E-state index in [0.29, 0.717) is 17.4 Å². The Hall–Kier alpha value is -3.08. The Kier molecular flexibility index (Phi) is 4.79. The predicted molar refractivity (Wildman–Crippen MR) is 92.4 cm³/mol. The van der Waals surface area contributed by atoms with Crippen LogP contribution in [0.3, 0.4) is 0 Å². The van der Waals surface area contributed by atoms with Crippen LogP contribution in [0, 0.1) is 13.8 Å². The van der Waals surface area contributed by atoms with E-state index >= 15 is 0 Å². The van der Waals surface area contributed by atoms with Gasteiger partial charge >= 0.3 is 12.2 Å². The summed E-state index contributed by atoms with van der Waals surface area (Å²) in [4.78, 5) is 20.0. The first-order chi connectivity index (χ1) is 12.6. The lowest BCUT2D eigenvalue weighted by atomic mass is 10.1. The molecule has 0 unspecified atom stereocenters. The van der Waals surface area contributed by atoms with E-state index in [1.54, 1.807) is 19.9 Å². The number of carbonyl (C=O) groups excluding carboxylic acids is 1. The van der Waals surface area contributed by atoms with Gasteiger partial charge in [-0.05, 0) is 25.5 Å². The molecule has 1 amide bonds. The average molecular weight is 398 g/mol. The van der Waals surface area contributed by atoms with Gasteiger partial charge in [-0.15, -0.1) is 0 Å². The van der Waals surface area contributed by atoms with Gasteiger partial charge in [-0.1, -0.05) is 17.4 Å². The molecule has 0 bridgehead atoms. The summed E-state index contributed by atoms with van der Waals surface area (Å²) in [6.07, 6.45) is -2.82. The van der Waals surface area contributed by atoms with Gasteiger partial charge in [0.25, 0.3) is 5.91 Å². The molecular formula is C16H13F3N4O3S. The van der Waals surface area contributed by atoms with Crippen LogP contribution in [-0.2, 0) is 6.18 Å². The highest BCUT2D eigenvalue weighted by molar-refractivity contribution is 7.17. The van der Waals surface area contributed by atoms with E-state index in [-0.39, 0.29) is 21.8 Å². The summed E-state index contributed by atoms with van der Waals surface area (Å²) in [5.41, 5.74) is 1.76. The minimum Gasteiger partial charge on any atom is -0.508 e. The quantitative estimate of drug-likeness (QED) is 0.600. The molecule has 3 N–H and O–H groups in total. The number of amides is 1. The van der Waals surface area contributed by atoms with E-state index in [2.05, 4.69) is 25.0 Å². The molecule has 27 heavy (non-hydrogen) atoms. The number of aromatic nitrogens is 2. The molecule has 3 rings (SSSR count). The van der Waals surface area contributed by atoms with Gasteiger partial charge in [0, 0.05) is 5.56 Å². The molecule has 0 saturated carbocycles. The molecular weight excluding hydrogens is 385 g/mol. The van der Waals surface area contributed by atoms with E-state index in [1.165, 1.54) is 12.3 Å². The van der Waals surface area contributed by atoms with Gasteiger partial charge in [0.2, 0.25) is 5.76 Å². The second kappa shape index (κ2) is 6.91. The largest absolute Gasteiger partial charge is 0.508 e. The summed E-state index contributed by atoms with van der Waals surface area (Å²) in [6.45, 7) is 3.45. The minimum atomic E-state index is -4.64. The average Bonchev–Trinajstić information content (AvgIpc) is 3.25. The zero-order chi connectivity index (χ0) is 19.8. The number of nitrogens with one attached hydrogen (secondary N) is 2. The summed E-state index contributed by atoms with van der Waals surface area (Å²) in [6, 6.07) is 2.81. The summed E-state index contributed by atoms with van der Waals surface area (Å²) < 4.78 is 42.1. The number of anilines is 3. The van der Waals surface area contributed by atoms with Crippen LogP contribution in [0.5, 0.6) is 5.75 Å². The lowest BCUT2D eigenvalue weighted by Crippen LogP contribution is -2.12. The van der Waals surface area contributed by atoms with Gasteiger partial charge in [-0.2, -0.15) is 13.2 Å².